The molecule has 0 spiro atoms. The van der Waals surface area contributed by atoms with Gasteiger partial charge in [0.15, 0.2) is 0 Å². The minimum Gasteiger partial charge on any atom is -0.372 e. The van der Waals surface area contributed by atoms with Gasteiger partial charge in [0.1, 0.15) is 0 Å². The number of nitrogens with one attached hydrogen (secondary N) is 1. The Morgan fingerprint density at radius 2 is 2.00 bits per heavy atom. The molecule has 1 aromatic carbocycles. The molecule has 0 aromatic heterocycles. The Morgan fingerprint density at radius 3 is 2.73 bits per heavy atom. The second kappa shape index (κ2) is 3.26. The highest BCUT2D eigenvalue weighted by Gasteiger charge is 2.32. The number of amides is 1. The van der Waals surface area contributed by atoms with Crippen molar-refractivity contribution in [3.63, 3.8) is 0 Å². The summed E-state index contributed by atoms with van der Waals surface area (Å²) in [5, 5.41) is 2.96. The topological polar surface area (TPSA) is 32.3 Å². The van der Waals surface area contributed by atoms with Crippen molar-refractivity contribution in [1.29, 1.82) is 0 Å². The molecule has 0 bridgehead atoms. The van der Waals surface area contributed by atoms with E-state index in [1.807, 2.05) is 45.2 Å². The quantitative estimate of drug-likeness (QED) is 0.702. The predicted molar refractivity (Wildman–Crippen MR) is 62.1 cm³/mol. The molecule has 1 aliphatic rings. The molecule has 0 radical (unpaired) electrons. The molecule has 0 unspecified atom stereocenters. The van der Waals surface area contributed by atoms with E-state index in [0.717, 1.165) is 17.9 Å². The summed E-state index contributed by atoms with van der Waals surface area (Å²) in [4.78, 5) is 14.0. The zero-order valence-electron chi connectivity index (χ0n) is 9.37. The third-order valence-corrected chi connectivity index (χ3v) is 2.81. The summed E-state index contributed by atoms with van der Waals surface area (Å²) in [6.07, 6.45) is 0. The molecule has 1 amide bonds. The Balaban J connectivity index is 2.46. The molecule has 0 aliphatic carbocycles. The average Bonchev–Trinajstić information content (AvgIpc) is 2.24. The molecule has 80 valence electrons. The number of carbonyl (C=O) groups excluding carboxylic acids is 1. The van der Waals surface area contributed by atoms with Gasteiger partial charge in [-0.25, -0.2) is 0 Å². The van der Waals surface area contributed by atoms with Crippen molar-refractivity contribution in [1.82, 2.24) is 0 Å². The van der Waals surface area contributed by atoms with Gasteiger partial charge in [0.25, 0.3) is 0 Å². The Kier molecular flexibility index (Phi) is 2.18. The van der Waals surface area contributed by atoms with Gasteiger partial charge in [-0.05, 0) is 26.0 Å². The van der Waals surface area contributed by atoms with Crippen LogP contribution in [0.2, 0.25) is 0 Å². The SMILES string of the molecule is CN1CC(C)(C)C(=O)Nc2ccccc21. The molecule has 1 aromatic rings. The fourth-order valence-electron chi connectivity index (χ4n) is 1.95. The van der Waals surface area contributed by atoms with Crippen molar-refractivity contribution in [2.24, 2.45) is 5.41 Å². The highest BCUT2D eigenvalue weighted by atomic mass is 16.2. The summed E-state index contributed by atoms with van der Waals surface area (Å²) in [6.45, 7) is 4.66. The van der Waals surface area contributed by atoms with Crippen molar-refractivity contribution in [3.8, 4) is 0 Å². The third kappa shape index (κ3) is 1.69. The molecule has 0 fully saturated rings. The minimum absolute atomic E-state index is 0.0827. The number of hydrogen-bond acceptors (Lipinski definition) is 2. The van der Waals surface area contributed by atoms with Crippen molar-refractivity contribution in [3.05, 3.63) is 24.3 Å². The Labute approximate surface area is 90.1 Å². The molecule has 1 heterocycles. The lowest BCUT2D eigenvalue weighted by atomic mass is 9.92. The molecule has 0 saturated heterocycles. The summed E-state index contributed by atoms with van der Waals surface area (Å²) in [6, 6.07) is 7.88. The zero-order chi connectivity index (χ0) is 11.1. The van der Waals surface area contributed by atoms with E-state index >= 15 is 0 Å². The van der Waals surface area contributed by atoms with Crippen molar-refractivity contribution >= 4 is 17.3 Å². The van der Waals surface area contributed by atoms with Crippen molar-refractivity contribution < 1.29 is 4.79 Å². The van der Waals surface area contributed by atoms with Crippen molar-refractivity contribution in [2.45, 2.75) is 13.8 Å². The number of rotatable bonds is 0. The van der Waals surface area contributed by atoms with E-state index in [0.29, 0.717) is 0 Å². The normalized spacial score (nSPS) is 19.1. The van der Waals surface area contributed by atoms with Crippen LogP contribution in [-0.4, -0.2) is 19.5 Å². The number of benzene rings is 1. The summed E-state index contributed by atoms with van der Waals surface area (Å²) >= 11 is 0. The van der Waals surface area contributed by atoms with Gasteiger partial charge >= 0.3 is 0 Å². The van der Waals surface area contributed by atoms with Crippen LogP contribution in [-0.2, 0) is 4.79 Å². The van der Waals surface area contributed by atoms with Gasteiger partial charge in [-0.1, -0.05) is 12.1 Å². The number of para-hydroxylation sites is 2. The lowest BCUT2D eigenvalue weighted by molar-refractivity contribution is -0.123. The number of anilines is 2. The fourth-order valence-corrected chi connectivity index (χ4v) is 1.95. The van der Waals surface area contributed by atoms with E-state index in [2.05, 4.69) is 10.2 Å². The first-order chi connectivity index (χ1) is 7.00. The Hall–Kier alpha value is -1.51. The maximum absolute atomic E-state index is 11.9. The number of nitrogens with zero attached hydrogens (tertiary/aromatic N) is 1. The molecule has 0 saturated carbocycles. The van der Waals surface area contributed by atoms with Crippen LogP contribution in [0.15, 0.2) is 24.3 Å². The average molecular weight is 204 g/mol. The van der Waals surface area contributed by atoms with Gasteiger partial charge in [-0.2, -0.15) is 0 Å². The van der Waals surface area contributed by atoms with E-state index in [1.54, 1.807) is 0 Å². The lowest BCUT2D eigenvalue weighted by Crippen LogP contribution is -2.37. The van der Waals surface area contributed by atoms with Crippen molar-refractivity contribution in [2.75, 3.05) is 23.8 Å². The van der Waals surface area contributed by atoms with Crippen LogP contribution >= 0.6 is 0 Å². The Bertz CT molecular complexity index is 398. The first kappa shape index (κ1) is 10.0. The van der Waals surface area contributed by atoms with Crippen LogP contribution in [0.1, 0.15) is 13.8 Å². The van der Waals surface area contributed by atoms with E-state index in [4.69, 9.17) is 0 Å². The van der Waals surface area contributed by atoms with Crippen LogP contribution in [0.4, 0.5) is 11.4 Å². The number of fused-ring (bicyclic) bond motifs is 1. The van der Waals surface area contributed by atoms with Crippen LogP contribution in [0.25, 0.3) is 0 Å². The van der Waals surface area contributed by atoms with E-state index < -0.39 is 0 Å². The second-order valence-corrected chi connectivity index (χ2v) is 4.71. The summed E-state index contributed by atoms with van der Waals surface area (Å²) in [7, 11) is 2.01. The fraction of sp³-hybridized carbons (Fsp3) is 0.417. The highest BCUT2D eigenvalue weighted by Crippen LogP contribution is 2.32. The van der Waals surface area contributed by atoms with Gasteiger partial charge in [0.2, 0.25) is 5.91 Å². The maximum Gasteiger partial charge on any atom is 0.231 e. The van der Waals surface area contributed by atoms with Crippen LogP contribution in [0, 0.1) is 5.41 Å². The van der Waals surface area contributed by atoms with Gasteiger partial charge < -0.3 is 10.2 Å². The summed E-state index contributed by atoms with van der Waals surface area (Å²) in [5.74, 6) is 0.0827. The standard InChI is InChI=1S/C12H16N2O/c1-12(2)8-14(3)10-7-5-4-6-9(10)13-11(12)15/h4-7H,8H2,1-3H3,(H,13,15). The van der Waals surface area contributed by atoms with E-state index in [1.165, 1.54) is 0 Å². The third-order valence-electron chi connectivity index (χ3n) is 2.81. The summed E-state index contributed by atoms with van der Waals surface area (Å²) in [5.41, 5.74) is 1.63. The second-order valence-electron chi connectivity index (χ2n) is 4.71. The van der Waals surface area contributed by atoms with Gasteiger partial charge in [0, 0.05) is 13.6 Å². The van der Waals surface area contributed by atoms with E-state index in [-0.39, 0.29) is 11.3 Å². The molecule has 2 rings (SSSR count). The minimum atomic E-state index is -0.353. The molecular formula is C12H16N2O. The molecule has 1 N–H and O–H groups in total. The first-order valence-electron chi connectivity index (χ1n) is 5.12. The largest absolute Gasteiger partial charge is 0.372 e. The summed E-state index contributed by atoms with van der Waals surface area (Å²) < 4.78 is 0. The molecule has 15 heavy (non-hydrogen) atoms. The van der Waals surface area contributed by atoms with Gasteiger partial charge in [-0.3, -0.25) is 4.79 Å². The molecule has 3 nitrogen and oxygen atoms in total. The smallest absolute Gasteiger partial charge is 0.231 e. The zero-order valence-corrected chi connectivity index (χ0v) is 9.37. The number of carbonyl (C=O) groups is 1. The Morgan fingerprint density at radius 1 is 1.33 bits per heavy atom. The molecule has 0 atom stereocenters. The monoisotopic (exact) mass is 204 g/mol. The van der Waals surface area contributed by atoms with Gasteiger partial charge in [-0.15, -0.1) is 0 Å². The predicted octanol–water partition coefficient (Wildman–Crippen LogP) is 2.10. The molecular weight excluding hydrogens is 188 g/mol. The molecule has 3 heteroatoms. The van der Waals surface area contributed by atoms with Crippen LogP contribution in [0.5, 0.6) is 0 Å². The number of hydrogen-bond donors (Lipinski definition) is 1. The lowest BCUT2D eigenvalue weighted by Gasteiger charge is -2.26. The van der Waals surface area contributed by atoms with E-state index in [9.17, 15) is 4.79 Å². The first-order valence-corrected chi connectivity index (χ1v) is 5.12. The highest BCUT2D eigenvalue weighted by molar-refractivity contribution is 5.99. The van der Waals surface area contributed by atoms with Crippen LogP contribution < -0.4 is 10.2 Å². The van der Waals surface area contributed by atoms with Gasteiger partial charge in [0.05, 0.1) is 16.8 Å². The maximum atomic E-state index is 11.9. The van der Waals surface area contributed by atoms with Crippen LogP contribution in [0.3, 0.4) is 0 Å². The molecule has 1 aliphatic heterocycles.